The van der Waals surface area contributed by atoms with Crippen LogP contribution in [0.15, 0.2) is 11.8 Å². The molecule has 0 aliphatic carbocycles. The van der Waals surface area contributed by atoms with Crippen LogP contribution < -0.4 is 10.9 Å². The van der Waals surface area contributed by atoms with E-state index in [-0.39, 0.29) is 5.57 Å². The number of primary sulfonamides is 1. The van der Waals surface area contributed by atoms with Crippen LogP contribution in [0.25, 0.3) is 0 Å². The van der Waals surface area contributed by atoms with Crippen LogP contribution in [0.5, 0.6) is 0 Å². The Morgan fingerprint density at radius 2 is 2.00 bits per heavy atom. The van der Waals surface area contributed by atoms with E-state index in [9.17, 15) is 8.42 Å². The van der Waals surface area contributed by atoms with Crippen molar-refractivity contribution in [3.05, 3.63) is 11.8 Å². The smallest absolute Gasteiger partial charge is 0.255 e. The van der Waals surface area contributed by atoms with Gasteiger partial charge in [-0.05, 0) is 13.1 Å². The van der Waals surface area contributed by atoms with Gasteiger partial charge in [-0.2, -0.15) is 0 Å². The van der Waals surface area contributed by atoms with Crippen LogP contribution >= 0.6 is 0 Å². The predicted octanol–water partition coefficient (Wildman–Crippen LogP) is -0.885. The van der Waals surface area contributed by atoms with Crippen molar-refractivity contribution < 1.29 is 8.42 Å². The third kappa shape index (κ3) is 2.16. The summed E-state index contributed by atoms with van der Waals surface area (Å²) in [7, 11) is -3.88. The molecular formula is C4H9N3O2S. The van der Waals surface area contributed by atoms with Crippen molar-refractivity contribution in [2.45, 2.75) is 6.92 Å². The molecule has 0 spiro atoms. The van der Waals surface area contributed by atoms with Gasteiger partial charge in [-0.25, -0.2) is 13.6 Å². The molecule has 0 heterocycles. The summed E-state index contributed by atoms with van der Waals surface area (Å²) in [4.78, 5) is 0. The van der Waals surface area contributed by atoms with E-state index in [2.05, 4.69) is 5.14 Å². The topological polar surface area (TPSA) is 110 Å². The molecule has 0 unspecified atom stereocenters. The molecule has 0 radical (unpaired) electrons. The fourth-order valence-corrected chi connectivity index (χ4v) is 0.817. The maximum absolute atomic E-state index is 10.4. The van der Waals surface area contributed by atoms with Crippen LogP contribution in [0.3, 0.4) is 0 Å². The molecule has 10 heavy (non-hydrogen) atoms. The molecule has 0 saturated carbocycles. The van der Waals surface area contributed by atoms with E-state index in [4.69, 9.17) is 11.1 Å². The molecule has 0 rings (SSSR count). The van der Waals surface area contributed by atoms with Crippen LogP contribution in [-0.4, -0.2) is 13.5 Å². The van der Waals surface area contributed by atoms with E-state index in [1.807, 2.05) is 0 Å². The lowest BCUT2D eigenvalue weighted by Crippen LogP contribution is -2.23. The number of hydrogen-bond donors (Lipinski definition) is 3. The molecule has 0 aliphatic rings. The molecule has 0 aromatic heterocycles. The van der Waals surface area contributed by atoms with E-state index in [0.717, 1.165) is 6.20 Å². The van der Waals surface area contributed by atoms with Crippen molar-refractivity contribution in [2.24, 2.45) is 10.9 Å². The Balaban J connectivity index is 4.75. The van der Waals surface area contributed by atoms with Crippen LogP contribution in [0.4, 0.5) is 0 Å². The highest BCUT2D eigenvalue weighted by Crippen LogP contribution is 1.95. The summed E-state index contributed by atoms with van der Waals surface area (Å²) in [5.41, 5.74) is 5.09. The van der Waals surface area contributed by atoms with Crippen LogP contribution in [-0.2, 0) is 10.0 Å². The van der Waals surface area contributed by atoms with Gasteiger partial charge >= 0.3 is 0 Å². The molecule has 0 aliphatic heterocycles. The molecule has 0 fully saturated rings. The lowest BCUT2D eigenvalue weighted by molar-refractivity contribution is 0.608. The third-order valence-electron chi connectivity index (χ3n) is 0.893. The summed E-state index contributed by atoms with van der Waals surface area (Å²) in [5.74, 6) is 0. The second-order valence-corrected chi connectivity index (χ2v) is 3.22. The summed E-state index contributed by atoms with van der Waals surface area (Å²) in [6.45, 7) is 1.40. The Labute approximate surface area is 59.3 Å². The second-order valence-electron chi connectivity index (χ2n) is 1.72. The van der Waals surface area contributed by atoms with Gasteiger partial charge in [0.05, 0.1) is 0 Å². The number of hydrogen-bond acceptors (Lipinski definition) is 4. The zero-order valence-electron chi connectivity index (χ0n) is 5.46. The van der Waals surface area contributed by atoms with Crippen molar-refractivity contribution in [3.63, 3.8) is 0 Å². The van der Waals surface area contributed by atoms with E-state index >= 15 is 0 Å². The molecule has 0 bridgehead atoms. The maximum atomic E-state index is 10.4. The molecule has 58 valence electrons. The van der Waals surface area contributed by atoms with E-state index < -0.39 is 15.1 Å². The molecule has 0 saturated heterocycles. The van der Waals surface area contributed by atoms with Crippen molar-refractivity contribution in [1.82, 2.24) is 0 Å². The van der Waals surface area contributed by atoms with Gasteiger partial charge in [-0.1, -0.05) is 0 Å². The normalized spacial score (nSPS) is 13.2. The Morgan fingerprint density at radius 3 is 2.10 bits per heavy atom. The maximum Gasteiger partial charge on any atom is 0.255 e. The summed E-state index contributed by atoms with van der Waals surface area (Å²) in [5, 5.41) is 10.8. The molecule has 0 aromatic carbocycles. The lowest BCUT2D eigenvalue weighted by Gasteiger charge is -1.97. The van der Waals surface area contributed by atoms with Crippen molar-refractivity contribution in [3.8, 4) is 0 Å². The summed E-state index contributed by atoms with van der Waals surface area (Å²) in [6.07, 6.45) is 1.02. The minimum atomic E-state index is -3.88. The number of nitrogens with one attached hydrogen (secondary N) is 1. The minimum absolute atomic E-state index is 0.141. The predicted molar refractivity (Wildman–Crippen MR) is 38.8 cm³/mol. The molecule has 0 aromatic rings. The largest absolute Gasteiger partial charge is 0.404 e. The zero-order chi connectivity index (χ0) is 8.36. The van der Waals surface area contributed by atoms with Crippen LogP contribution in [0, 0.1) is 5.41 Å². The monoisotopic (exact) mass is 163 g/mol. The van der Waals surface area contributed by atoms with Gasteiger partial charge in [0.15, 0.2) is 5.04 Å². The van der Waals surface area contributed by atoms with Gasteiger partial charge in [-0.15, -0.1) is 0 Å². The standard InChI is InChI=1S/C4H9N3O2S/c1-3(2-5)4(6)10(7,8)9/h2,6H,5H2,1H3,(H2,7,8,9)/b3-2-,6-4?. The zero-order valence-corrected chi connectivity index (χ0v) is 6.27. The minimum Gasteiger partial charge on any atom is -0.404 e. The van der Waals surface area contributed by atoms with Gasteiger partial charge in [-0.3, -0.25) is 5.41 Å². The van der Waals surface area contributed by atoms with E-state index in [1.165, 1.54) is 6.92 Å². The summed E-state index contributed by atoms with van der Waals surface area (Å²) in [6, 6.07) is 0. The summed E-state index contributed by atoms with van der Waals surface area (Å²) >= 11 is 0. The first kappa shape index (κ1) is 9.12. The Bertz CT molecular complexity index is 264. The molecule has 0 atom stereocenters. The number of sulfonamides is 1. The first-order valence-electron chi connectivity index (χ1n) is 2.40. The van der Waals surface area contributed by atoms with Crippen LogP contribution in [0.1, 0.15) is 6.92 Å². The average Bonchev–Trinajstić information content (AvgIpc) is 1.83. The first-order chi connectivity index (χ1) is 4.39. The van der Waals surface area contributed by atoms with E-state index in [1.54, 1.807) is 0 Å². The molecule has 0 amide bonds. The molecular weight excluding hydrogens is 154 g/mol. The van der Waals surface area contributed by atoms with E-state index in [0.29, 0.717) is 0 Å². The fraction of sp³-hybridized carbons (Fsp3) is 0.250. The number of rotatable bonds is 1. The fourth-order valence-electron chi connectivity index (χ4n) is 0.300. The van der Waals surface area contributed by atoms with Crippen molar-refractivity contribution >= 4 is 15.1 Å². The second kappa shape index (κ2) is 2.80. The molecule has 5 nitrogen and oxygen atoms in total. The van der Waals surface area contributed by atoms with Crippen LogP contribution in [0.2, 0.25) is 0 Å². The highest BCUT2D eigenvalue weighted by atomic mass is 32.2. The Kier molecular flexibility index (Phi) is 2.56. The van der Waals surface area contributed by atoms with Gasteiger partial charge in [0.1, 0.15) is 0 Å². The first-order valence-corrected chi connectivity index (χ1v) is 3.94. The number of nitrogens with two attached hydrogens (primary N) is 2. The highest BCUT2D eigenvalue weighted by molar-refractivity contribution is 8.04. The summed E-state index contributed by atoms with van der Waals surface area (Å²) < 4.78 is 20.8. The molecule has 6 heteroatoms. The lowest BCUT2D eigenvalue weighted by atomic mass is 10.4. The third-order valence-corrected chi connectivity index (χ3v) is 1.78. The van der Waals surface area contributed by atoms with Gasteiger partial charge in [0.2, 0.25) is 0 Å². The average molecular weight is 163 g/mol. The SMILES string of the molecule is C/C(=C/N)C(=N)S(N)(=O)=O. The van der Waals surface area contributed by atoms with Crippen molar-refractivity contribution in [1.29, 1.82) is 5.41 Å². The molecule has 5 N–H and O–H groups in total. The van der Waals surface area contributed by atoms with Gasteiger partial charge in [0, 0.05) is 5.57 Å². The van der Waals surface area contributed by atoms with Gasteiger partial charge in [0.25, 0.3) is 10.0 Å². The quantitative estimate of drug-likeness (QED) is 0.344. The Hall–Kier alpha value is -0.880. The highest BCUT2D eigenvalue weighted by Gasteiger charge is 2.12. The Morgan fingerprint density at radius 1 is 1.60 bits per heavy atom. The van der Waals surface area contributed by atoms with Crippen molar-refractivity contribution in [2.75, 3.05) is 0 Å². The van der Waals surface area contributed by atoms with Gasteiger partial charge < -0.3 is 5.73 Å².